The topological polar surface area (TPSA) is 66.9 Å². The first-order chi connectivity index (χ1) is 10.9. The largest absolute Gasteiger partial charge is 0.378 e. The number of carbonyl (C=O) groups is 1. The van der Waals surface area contributed by atoms with Gasteiger partial charge in [0.25, 0.3) is 0 Å². The Kier molecular flexibility index (Phi) is 6.09. The van der Waals surface area contributed by atoms with Crippen LogP contribution in [0.25, 0.3) is 0 Å². The molecule has 1 fully saturated rings. The highest BCUT2D eigenvalue weighted by molar-refractivity contribution is 7.88. The second-order valence-electron chi connectivity index (χ2n) is 5.43. The van der Waals surface area contributed by atoms with Crippen LogP contribution < -0.4 is 0 Å². The first-order valence-electron chi connectivity index (χ1n) is 7.42. The molecule has 0 aliphatic carbocycles. The number of sulfonamides is 1. The van der Waals surface area contributed by atoms with Gasteiger partial charge in [0.1, 0.15) is 5.82 Å². The summed E-state index contributed by atoms with van der Waals surface area (Å²) in [4.78, 5) is 13.8. The van der Waals surface area contributed by atoms with Crippen LogP contribution in [0.15, 0.2) is 24.3 Å². The molecule has 1 aliphatic rings. The van der Waals surface area contributed by atoms with Gasteiger partial charge in [0.15, 0.2) is 0 Å². The van der Waals surface area contributed by atoms with Crippen molar-refractivity contribution >= 4 is 15.9 Å². The molecule has 1 amide bonds. The summed E-state index contributed by atoms with van der Waals surface area (Å²) in [7, 11) is -3.54. The average Bonchev–Trinajstić information content (AvgIpc) is 2.52. The van der Waals surface area contributed by atoms with Crippen LogP contribution in [0.4, 0.5) is 4.39 Å². The van der Waals surface area contributed by atoms with Crippen molar-refractivity contribution in [2.24, 2.45) is 0 Å². The molecule has 128 valence electrons. The lowest BCUT2D eigenvalue weighted by atomic mass is 10.2. The molecule has 23 heavy (non-hydrogen) atoms. The summed E-state index contributed by atoms with van der Waals surface area (Å²) in [6.45, 7) is 1.98. The number of benzene rings is 1. The molecule has 1 saturated heterocycles. The third kappa shape index (κ3) is 5.26. The Balaban J connectivity index is 1.99. The summed E-state index contributed by atoms with van der Waals surface area (Å²) >= 11 is 0. The maximum atomic E-state index is 13.7. The van der Waals surface area contributed by atoms with Gasteiger partial charge < -0.3 is 9.64 Å². The van der Waals surface area contributed by atoms with Gasteiger partial charge in [-0.15, -0.1) is 0 Å². The van der Waals surface area contributed by atoms with Crippen molar-refractivity contribution in [1.82, 2.24) is 9.21 Å². The summed E-state index contributed by atoms with van der Waals surface area (Å²) in [5.74, 6) is -0.573. The molecular formula is C15H21FN2O4S. The SMILES string of the molecule is CS(=O)(=O)N(CCC(=O)N1CCOCC1)Cc1ccccc1F. The minimum atomic E-state index is -3.54. The van der Waals surface area contributed by atoms with Gasteiger partial charge in [0.2, 0.25) is 15.9 Å². The molecule has 8 heteroatoms. The standard InChI is InChI=1S/C15H21FN2O4S/c1-23(20,21)18(12-13-4-2-3-5-14(13)16)7-6-15(19)17-8-10-22-11-9-17/h2-5H,6-12H2,1H3. The second-order valence-corrected chi connectivity index (χ2v) is 7.41. The highest BCUT2D eigenvalue weighted by atomic mass is 32.2. The van der Waals surface area contributed by atoms with Gasteiger partial charge in [0, 0.05) is 38.2 Å². The zero-order valence-electron chi connectivity index (χ0n) is 13.1. The van der Waals surface area contributed by atoms with Gasteiger partial charge in [-0.3, -0.25) is 4.79 Å². The molecule has 2 rings (SSSR count). The number of halogens is 1. The molecule has 1 heterocycles. The Morgan fingerprint density at radius 2 is 1.96 bits per heavy atom. The smallest absolute Gasteiger partial charge is 0.224 e. The van der Waals surface area contributed by atoms with Crippen LogP contribution in [-0.4, -0.2) is 62.6 Å². The molecule has 1 aliphatic heterocycles. The van der Waals surface area contributed by atoms with Crippen molar-refractivity contribution in [2.45, 2.75) is 13.0 Å². The zero-order chi connectivity index (χ0) is 16.9. The lowest BCUT2D eigenvalue weighted by Crippen LogP contribution is -2.42. The fourth-order valence-electron chi connectivity index (χ4n) is 2.37. The van der Waals surface area contributed by atoms with Gasteiger partial charge in [-0.2, -0.15) is 4.31 Å². The molecule has 1 aromatic carbocycles. The summed E-state index contributed by atoms with van der Waals surface area (Å²) < 4.78 is 43.8. The lowest BCUT2D eigenvalue weighted by Gasteiger charge is -2.28. The number of ether oxygens (including phenoxy) is 1. The Labute approximate surface area is 135 Å². The fourth-order valence-corrected chi connectivity index (χ4v) is 3.17. The zero-order valence-corrected chi connectivity index (χ0v) is 13.9. The average molecular weight is 344 g/mol. The molecule has 0 N–H and O–H groups in total. The first kappa shape index (κ1) is 17.8. The van der Waals surface area contributed by atoms with Gasteiger partial charge in [-0.1, -0.05) is 18.2 Å². The summed E-state index contributed by atoms with van der Waals surface area (Å²) in [6.07, 6.45) is 1.13. The van der Waals surface area contributed by atoms with Crippen LogP contribution in [-0.2, 0) is 26.1 Å². The van der Waals surface area contributed by atoms with E-state index in [4.69, 9.17) is 4.74 Å². The second kappa shape index (κ2) is 7.85. The van der Waals surface area contributed by atoms with E-state index in [-0.39, 0.29) is 31.0 Å². The van der Waals surface area contributed by atoms with E-state index >= 15 is 0 Å². The van der Waals surface area contributed by atoms with Crippen molar-refractivity contribution in [1.29, 1.82) is 0 Å². The maximum absolute atomic E-state index is 13.7. The molecule has 0 spiro atoms. The molecule has 0 unspecified atom stereocenters. The number of carbonyl (C=O) groups excluding carboxylic acids is 1. The molecule has 0 atom stereocenters. The van der Waals surface area contributed by atoms with Crippen LogP contribution in [0.5, 0.6) is 0 Å². The van der Waals surface area contributed by atoms with Crippen molar-refractivity contribution in [2.75, 3.05) is 39.1 Å². The van der Waals surface area contributed by atoms with Gasteiger partial charge in [0.05, 0.1) is 19.5 Å². The van der Waals surface area contributed by atoms with Crippen LogP contribution >= 0.6 is 0 Å². The van der Waals surface area contributed by atoms with E-state index in [0.29, 0.717) is 26.3 Å². The molecule has 0 bridgehead atoms. The molecule has 0 saturated carbocycles. The Bertz CT molecular complexity index is 645. The summed E-state index contributed by atoms with van der Waals surface area (Å²) in [5, 5.41) is 0. The first-order valence-corrected chi connectivity index (χ1v) is 9.27. The van der Waals surface area contributed by atoms with Gasteiger partial charge in [-0.05, 0) is 6.07 Å². The Morgan fingerprint density at radius 1 is 1.30 bits per heavy atom. The minimum Gasteiger partial charge on any atom is -0.378 e. The van der Waals surface area contributed by atoms with E-state index in [9.17, 15) is 17.6 Å². The number of amides is 1. The normalized spacial score (nSPS) is 15.9. The van der Waals surface area contributed by atoms with Crippen LogP contribution in [0, 0.1) is 5.82 Å². The fraction of sp³-hybridized carbons (Fsp3) is 0.533. The van der Waals surface area contributed by atoms with Crippen LogP contribution in [0.2, 0.25) is 0 Å². The number of morpholine rings is 1. The maximum Gasteiger partial charge on any atom is 0.224 e. The highest BCUT2D eigenvalue weighted by Gasteiger charge is 2.22. The number of rotatable bonds is 6. The lowest BCUT2D eigenvalue weighted by molar-refractivity contribution is -0.135. The van der Waals surface area contributed by atoms with Crippen LogP contribution in [0.1, 0.15) is 12.0 Å². The van der Waals surface area contributed by atoms with Crippen molar-refractivity contribution < 1.29 is 22.3 Å². The molecule has 0 aromatic heterocycles. The van der Waals surface area contributed by atoms with Crippen molar-refractivity contribution in [3.63, 3.8) is 0 Å². The number of hydrogen-bond donors (Lipinski definition) is 0. The van der Waals surface area contributed by atoms with E-state index in [1.54, 1.807) is 17.0 Å². The third-order valence-corrected chi connectivity index (χ3v) is 4.96. The third-order valence-electron chi connectivity index (χ3n) is 3.71. The van der Waals surface area contributed by atoms with Gasteiger partial charge in [-0.25, -0.2) is 12.8 Å². The predicted octanol–water partition coefficient (Wildman–Crippen LogP) is 0.836. The van der Waals surface area contributed by atoms with Gasteiger partial charge >= 0.3 is 0 Å². The highest BCUT2D eigenvalue weighted by Crippen LogP contribution is 2.13. The molecule has 1 aromatic rings. The molecular weight excluding hydrogens is 323 g/mol. The summed E-state index contributed by atoms with van der Waals surface area (Å²) in [5.41, 5.74) is 0.289. The van der Waals surface area contributed by atoms with E-state index < -0.39 is 15.8 Å². The van der Waals surface area contributed by atoms with E-state index in [2.05, 4.69) is 0 Å². The number of hydrogen-bond acceptors (Lipinski definition) is 4. The Hall–Kier alpha value is -1.51. The van der Waals surface area contributed by atoms with E-state index in [1.165, 1.54) is 12.1 Å². The predicted molar refractivity (Wildman–Crippen MR) is 83.7 cm³/mol. The van der Waals surface area contributed by atoms with Crippen LogP contribution in [0.3, 0.4) is 0 Å². The summed E-state index contributed by atoms with van der Waals surface area (Å²) in [6, 6.07) is 6.02. The monoisotopic (exact) mass is 344 g/mol. The molecule has 0 radical (unpaired) electrons. The van der Waals surface area contributed by atoms with Crippen molar-refractivity contribution in [3.05, 3.63) is 35.6 Å². The Morgan fingerprint density at radius 3 is 2.57 bits per heavy atom. The quantitative estimate of drug-likeness (QED) is 0.767. The molecule has 6 nitrogen and oxygen atoms in total. The van der Waals surface area contributed by atoms with E-state index in [1.807, 2.05) is 0 Å². The minimum absolute atomic E-state index is 0.0311. The van der Waals surface area contributed by atoms with E-state index in [0.717, 1.165) is 10.6 Å². The van der Waals surface area contributed by atoms with Crippen molar-refractivity contribution in [3.8, 4) is 0 Å². The number of nitrogens with zero attached hydrogens (tertiary/aromatic N) is 2.